The molecule has 0 aromatic heterocycles. The molecule has 2 aromatic rings. The first-order chi connectivity index (χ1) is 10.1. The summed E-state index contributed by atoms with van der Waals surface area (Å²) in [5.41, 5.74) is 6.43. The van der Waals surface area contributed by atoms with Crippen LogP contribution in [0.15, 0.2) is 36.4 Å². The van der Waals surface area contributed by atoms with E-state index in [9.17, 15) is 0 Å². The summed E-state index contributed by atoms with van der Waals surface area (Å²) in [6.45, 7) is 8.96. The maximum atomic E-state index is 3.55. The van der Waals surface area contributed by atoms with Gasteiger partial charge in [0.25, 0.3) is 0 Å². The van der Waals surface area contributed by atoms with Gasteiger partial charge in [0.1, 0.15) is 0 Å². The third kappa shape index (κ3) is 3.45. The molecule has 1 fully saturated rings. The van der Waals surface area contributed by atoms with Crippen LogP contribution in [0.1, 0.15) is 38.3 Å². The Bertz CT molecular complexity index is 618. The summed E-state index contributed by atoms with van der Waals surface area (Å²) >= 11 is 0. The average molecular weight is 282 g/mol. The van der Waals surface area contributed by atoms with Crippen LogP contribution in [-0.4, -0.2) is 17.6 Å². The van der Waals surface area contributed by atoms with Crippen LogP contribution in [0.5, 0.6) is 0 Å². The standard InChI is InChI=1S/C19H26N2/c1-14(2)11-16-7-8-17-5-4-6-18(19(17)12-16)13-21-10-9-15(3)20-21/h4-8,12,14-15,20H,9-11,13H2,1-3H3. The van der Waals surface area contributed by atoms with Crippen molar-refractivity contribution >= 4 is 10.8 Å². The third-order valence-electron chi connectivity index (χ3n) is 4.28. The molecule has 112 valence electrons. The molecule has 1 unspecified atom stereocenters. The fraction of sp³-hybridized carbons (Fsp3) is 0.474. The largest absolute Gasteiger partial charge is 0.252 e. The molecule has 2 heteroatoms. The number of hydrogen-bond acceptors (Lipinski definition) is 2. The maximum Gasteiger partial charge on any atom is 0.0388 e. The van der Waals surface area contributed by atoms with Crippen LogP contribution in [0, 0.1) is 5.92 Å². The molecule has 0 aliphatic carbocycles. The van der Waals surface area contributed by atoms with E-state index in [4.69, 9.17) is 0 Å². The van der Waals surface area contributed by atoms with E-state index in [0.717, 1.165) is 19.5 Å². The van der Waals surface area contributed by atoms with Crippen LogP contribution < -0.4 is 5.43 Å². The minimum Gasteiger partial charge on any atom is -0.252 e. The predicted molar refractivity (Wildman–Crippen MR) is 90.1 cm³/mol. The zero-order chi connectivity index (χ0) is 14.8. The highest BCUT2D eigenvalue weighted by Crippen LogP contribution is 2.23. The molecule has 0 amide bonds. The number of hydrogen-bond donors (Lipinski definition) is 1. The molecule has 3 rings (SSSR count). The van der Waals surface area contributed by atoms with Crippen molar-refractivity contribution in [3.05, 3.63) is 47.5 Å². The second-order valence-electron chi connectivity index (χ2n) is 6.81. The van der Waals surface area contributed by atoms with Crippen molar-refractivity contribution in [2.45, 2.75) is 46.2 Å². The van der Waals surface area contributed by atoms with Crippen molar-refractivity contribution in [3.8, 4) is 0 Å². The normalized spacial score (nSPS) is 19.7. The minimum absolute atomic E-state index is 0.608. The monoisotopic (exact) mass is 282 g/mol. The Kier molecular flexibility index (Phi) is 4.27. The van der Waals surface area contributed by atoms with E-state index in [1.807, 2.05) is 0 Å². The molecule has 0 spiro atoms. The highest BCUT2D eigenvalue weighted by atomic mass is 15.5. The van der Waals surface area contributed by atoms with E-state index in [0.29, 0.717) is 12.0 Å². The van der Waals surface area contributed by atoms with Crippen LogP contribution in [0.25, 0.3) is 10.8 Å². The second kappa shape index (κ2) is 6.17. The van der Waals surface area contributed by atoms with E-state index in [-0.39, 0.29) is 0 Å². The Hall–Kier alpha value is -1.38. The van der Waals surface area contributed by atoms with Crippen molar-refractivity contribution in [3.63, 3.8) is 0 Å². The van der Waals surface area contributed by atoms with Crippen LogP contribution in [0.3, 0.4) is 0 Å². The topological polar surface area (TPSA) is 15.3 Å². The van der Waals surface area contributed by atoms with Gasteiger partial charge >= 0.3 is 0 Å². The molecule has 0 bridgehead atoms. The third-order valence-corrected chi connectivity index (χ3v) is 4.28. The summed E-state index contributed by atoms with van der Waals surface area (Å²) in [7, 11) is 0. The molecule has 1 saturated heterocycles. The average Bonchev–Trinajstić information content (AvgIpc) is 2.84. The van der Waals surface area contributed by atoms with Gasteiger partial charge in [0, 0.05) is 19.1 Å². The van der Waals surface area contributed by atoms with Gasteiger partial charge < -0.3 is 0 Å². The number of benzene rings is 2. The molecule has 0 radical (unpaired) electrons. The van der Waals surface area contributed by atoms with Gasteiger partial charge in [-0.1, -0.05) is 50.2 Å². The fourth-order valence-electron chi connectivity index (χ4n) is 3.24. The summed E-state index contributed by atoms with van der Waals surface area (Å²) in [6, 6.07) is 14.2. The van der Waals surface area contributed by atoms with Crippen molar-refractivity contribution < 1.29 is 0 Å². The van der Waals surface area contributed by atoms with Gasteiger partial charge in [-0.3, -0.25) is 5.43 Å². The van der Waals surface area contributed by atoms with Gasteiger partial charge in [-0.2, -0.15) is 0 Å². The molecule has 1 aliphatic heterocycles. The Balaban J connectivity index is 1.89. The Labute approximate surface area is 128 Å². The Morgan fingerprint density at radius 2 is 2.10 bits per heavy atom. The van der Waals surface area contributed by atoms with E-state index in [2.05, 4.69) is 67.6 Å². The summed E-state index contributed by atoms with van der Waals surface area (Å²) in [6.07, 6.45) is 2.40. The quantitative estimate of drug-likeness (QED) is 0.906. The molecule has 1 heterocycles. The van der Waals surface area contributed by atoms with Gasteiger partial charge in [0.05, 0.1) is 0 Å². The van der Waals surface area contributed by atoms with Crippen LogP contribution >= 0.6 is 0 Å². The van der Waals surface area contributed by atoms with Crippen molar-refractivity contribution in [1.82, 2.24) is 10.4 Å². The van der Waals surface area contributed by atoms with Gasteiger partial charge in [0.15, 0.2) is 0 Å². The van der Waals surface area contributed by atoms with Crippen LogP contribution in [-0.2, 0) is 13.0 Å². The van der Waals surface area contributed by atoms with Crippen molar-refractivity contribution in [1.29, 1.82) is 0 Å². The predicted octanol–water partition coefficient (Wildman–Crippen LogP) is 4.14. The van der Waals surface area contributed by atoms with Crippen molar-refractivity contribution in [2.75, 3.05) is 6.54 Å². The number of nitrogens with zero attached hydrogens (tertiary/aromatic N) is 1. The minimum atomic E-state index is 0.608. The first-order valence-corrected chi connectivity index (χ1v) is 8.13. The maximum absolute atomic E-state index is 3.55. The SMILES string of the molecule is CC(C)Cc1ccc2cccc(CN3CCC(C)N3)c2c1. The molecule has 1 aliphatic rings. The molecule has 1 N–H and O–H groups in total. The summed E-state index contributed by atoms with van der Waals surface area (Å²) in [4.78, 5) is 0. The van der Waals surface area contributed by atoms with E-state index >= 15 is 0 Å². The number of nitrogens with one attached hydrogen (secondary N) is 1. The van der Waals surface area contributed by atoms with Crippen LogP contribution in [0.2, 0.25) is 0 Å². The fourth-order valence-corrected chi connectivity index (χ4v) is 3.24. The van der Waals surface area contributed by atoms with Gasteiger partial charge in [-0.15, -0.1) is 0 Å². The summed E-state index contributed by atoms with van der Waals surface area (Å²) in [5, 5.41) is 5.12. The Morgan fingerprint density at radius 1 is 1.24 bits per heavy atom. The smallest absolute Gasteiger partial charge is 0.0388 e. The van der Waals surface area contributed by atoms with Gasteiger partial charge in [-0.25, -0.2) is 5.01 Å². The summed E-state index contributed by atoms with van der Waals surface area (Å²) < 4.78 is 0. The van der Waals surface area contributed by atoms with E-state index in [1.54, 1.807) is 0 Å². The lowest BCUT2D eigenvalue weighted by atomic mass is 9.97. The Morgan fingerprint density at radius 3 is 2.81 bits per heavy atom. The zero-order valence-corrected chi connectivity index (χ0v) is 13.4. The summed E-state index contributed by atoms with van der Waals surface area (Å²) in [5.74, 6) is 0.704. The molecule has 2 nitrogen and oxygen atoms in total. The van der Waals surface area contributed by atoms with Crippen molar-refractivity contribution in [2.24, 2.45) is 5.92 Å². The number of rotatable bonds is 4. The second-order valence-corrected chi connectivity index (χ2v) is 6.81. The molecule has 1 atom stereocenters. The molecule has 0 saturated carbocycles. The molecular weight excluding hydrogens is 256 g/mol. The van der Waals surface area contributed by atoms with Crippen LogP contribution in [0.4, 0.5) is 0 Å². The molecular formula is C19H26N2. The van der Waals surface area contributed by atoms with E-state index in [1.165, 1.54) is 28.3 Å². The molecule has 21 heavy (non-hydrogen) atoms. The van der Waals surface area contributed by atoms with E-state index < -0.39 is 0 Å². The highest BCUT2D eigenvalue weighted by Gasteiger charge is 2.18. The zero-order valence-electron chi connectivity index (χ0n) is 13.4. The molecule has 2 aromatic carbocycles. The van der Waals surface area contributed by atoms with Gasteiger partial charge in [0.2, 0.25) is 0 Å². The lowest BCUT2D eigenvalue weighted by Gasteiger charge is -2.18. The number of fused-ring (bicyclic) bond motifs is 1. The lowest BCUT2D eigenvalue weighted by molar-refractivity contribution is 0.231. The number of hydrazine groups is 1. The first kappa shape index (κ1) is 14.6. The highest BCUT2D eigenvalue weighted by molar-refractivity contribution is 5.86. The van der Waals surface area contributed by atoms with Gasteiger partial charge in [-0.05, 0) is 47.6 Å². The first-order valence-electron chi connectivity index (χ1n) is 8.13. The lowest BCUT2D eigenvalue weighted by Crippen LogP contribution is -2.33.